The maximum atomic E-state index is 12.0. The van der Waals surface area contributed by atoms with Gasteiger partial charge in [-0.2, -0.15) is 5.10 Å². The van der Waals surface area contributed by atoms with Gasteiger partial charge in [0.2, 0.25) is 10.0 Å². The minimum Gasteiger partial charge on any atom is -0.446 e. The first-order valence-corrected chi connectivity index (χ1v) is 11.7. The Morgan fingerprint density at radius 2 is 1.97 bits per heavy atom. The van der Waals surface area contributed by atoms with E-state index < -0.39 is 10.0 Å². The number of amides is 1. The number of ether oxygens (including phenoxy) is 1. The number of hydrogen-bond acceptors (Lipinski definition) is 6. The molecule has 0 bridgehead atoms. The fraction of sp³-hybridized carbons (Fsp3) is 0.500. The van der Waals surface area contributed by atoms with Crippen LogP contribution in [0.4, 0.5) is 16.3 Å². The van der Waals surface area contributed by atoms with E-state index in [0.717, 1.165) is 36.9 Å². The lowest BCUT2D eigenvalue weighted by molar-refractivity contribution is 0.0697. The van der Waals surface area contributed by atoms with Crippen LogP contribution in [0.15, 0.2) is 29.2 Å². The highest BCUT2D eigenvalue weighted by Gasteiger charge is 2.27. The second-order valence-corrected chi connectivity index (χ2v) is 9.89. The Hall–Kier alpha value is -2.59. The Morgan fingerprint density at radius 1 is 1.20 bits per heavy atom. The van der Waals surface area contributed by atoms with Gasteiger partial charge < -0.3 is 15.4 Å². The number of carbonyl (C=O) groups excluding carboxylic acids is 1. The van der Waals surface area contributed by atoms with Gasteiger partial charge in [0.25, 0.3) is 0 Å². The molecular formula is C20H27N5O4S. The highest BCUT2D eigenvalue weighted by Crippen LogP contribution is 2.34. The smallest absolute Gasteiger partial charge is 0.407 e. The van der Waals surface area contributed by atoms with Crippen LogP contribution >= 0.6 is 0 Å². The first-order valence-electron chi connectivity index (χ1n) is 10.2. The molecule has 1 aromatic carbocycles. The molecule has 2 aliphatic rings. The van der Waals surface area contributed by atoms with Crippen molar-refractivity contribution in [2.75, 3.05) is 5.32 Å². The molecule has 4 N–H and O–H groups in total. The lowest BCUT2D eigenvalue weighted by Crippen LogP contribution is -2.34. The van der Waals surface area contributed by atoms with Crippen molar-refractivity contribution >= 4 is 27.6 Å². The van der Waals surface area contributed by atoms with Gasteiger partial charge in [0.05, 0.1) is 4.90 Å². The standard InChI is InChI=1S/C20H27N5O4S/c1-12(2)22-20(26)29-16-7-4-13(5-8-16)17-10-19(25-24-17)23-15-6-3-14-11-21-30(27,28)18(14)9-15/h3,6,9-10,12-13,16,21H,4-5,7-8,11H2,1-2H3,(H,22,26)(H2,23,24,25). The molecule has 1 fully saturated rings. The van der Waals surface area contributed by atoms with Crippen molar-refractivity contribution in [3.8, 4) is 0 Å². The van der Waals surface area contributed by atoms with E-state index in [1.807, 2.05) is 26.0 Å². The molecule has 0 saturated heterocycles. The molecule has 10 heteroatoms. The van der Waals surface area contributed by atoms with E-state index in [2.05, 4.69) is 25.6 Å². The fourth-order valence-electron chi connectivity index (χ4n) is 3.95. The number of sulfonamides is 1. The van der Waals surface area contributed by atoms with Gasteiger partial charge in [-0.3, -0.25) is 5.10 Å². The van der Waals surface area contributed by atoms with Crippen LogP contribution in [-0.2, 0) is 21.3 Å². The SMILES string of the molecule is CC(C)NC(=O)OC1CCC(c2cc(Nc3ccc4c(c3)S(=O)(=O)NC4)n[nH]2)CC1. The van der Waals surface area contributed by atoms with E-state index in [9.17, 15) is 13.2 Å². The minimum absolute atomic E-state index is 0.0533. The Labute approximate surface area is 176 Å². The molecule has 0 spiro atoms. The summed E-state index contributed by atoms with van der Waals surface area (Å²) >= 11 is 0. The Bertz CT molecular complexity index is 1030. The van der Waals surface area contributed by atoms with E-state index in [-0.39, 0.29) is 18.2 Å². The number of aromatic nitrogens is 2. The number of hydrogen-bond donors (Lipinski definition) is 4. The number of fused-ring (bicyclic) bond motifs is 1. The van der Waals surface area contributed by atoms with Gasteiger partial charge in [-0.25, -0.2) is 17.9 Å². The molecule has 0 unspecified atom stereocenters. The second-order valence-electron chi connectivity index (χ2n) is 8.16. The monoisotopic (exact) mass is 433 g/mol. The summed E-state index contributed by atoms with van der Waals surface area (Å²) in [7, 11) is -3.41. The average Bonchev–Trinajstić information content (AvgIpc) is 3.26. The minimum atomic E-state index is -3.41. The summed E-state index contributed by atoms with van der Waals surface area (Å²) in [5, 5.41) is 13.3. The number of carbonyl (C=O) groups is 1. The third-order valence-electron chi connectivity index (χ3n) is 5.47. The first kappa shape index (κ1) is 20.7. The second kappa shape index (κ2) is 8.27. The average molecular weight is 434 g/mol. The zero-order valence-electron chi connectivity index (χ0n) is 17.1. The number of H-pyrrole nitrogens is 1. The number of alkyl carbamates (subject to hydrolysis) is 1. The first-order chi connectivity index (χ1) is 14.3. The third kappa shape index (κ3) is 4.59. The van der Waals surface area contributed by atoms with Crippen LogP contribution in [0.2, 0.25) is 0 Å². The predicted molar refractivity (Wildman–Crippen MR) is 112 cm³/mol. The number of anilines is 2. The van der Waals surface area contributed by atoms with Crippen molar-refractivity contribution in [2.45, 2.75) is 69.0 Å². The van der Waals surface area contributed by atoms with Crippen LogP contribution in [0.25, 0.3) is 0 Å². The van der Waals surface area contributed by atoms with Crippen LogP contribution in [0.5, 0.6) is 0 Å². The van der Waals surface area contributed by atoms with Crippen LogP contribution in [0, 0.1) is 0 Å². The Morgan fingerprint density at radius 3 is 2.70 bits per heavy atom. The summed E-state index contributed by atoms with van der Waals surface area (Å²) in [5.41, 5.74) is 2.47. The summed E-state index contributed by atoms with van der Waals surface area (Å²) < 4.78 is 32.0. The lowest BCUT2D eigenvalue weighted by atomic mass is 9.85. The van der Waals surface area contributed by atoms with Crippen molar-refractivity contribution in [3.63, 3.8) is 0 Å². The molecule has 162 valence electrons. The van der Waals surface area contributed by atoms with Gasteiger partial charge in [0.1, 0.15) is 6.10 Å². The van der Waals surface area contributed by atoms with Gasteiger partial charge in [0, 0.05) is 36.0 Å². The molecule has 1 aromatic heterocycles. The molecule has 0 atom stereocenters. The lowest BCUT2D eigenvalue weighted by Gasteiger charge is -2.27. The fourth-order valence-corrected chi connectivity index (χ4v) is 5.22. The summed E-state index contributed by atoms with van der Waals surface area (Å²) in [6.07, 6.45) is 3.03. The van der Waals surface area contributed by atoms with Gasteiger partial charge in [0.15, 0.2) is 5.82 Å². The highest BCUT2D eigenvalue weighted by atomic mass is 32.2. The van der Waals surface area contributed by atoms with E-state index in [1.54, 1.807) is 12.1 Å². The molecule has 2 heterocycles. The quantitative estimate of drug-likeness (QED) is 0.574. The molecule has 9 nitrogen and oxygen atoms in total. The normalized spacial score (nSPS) is 22.5. The van der Waals surface area contributed by atoms with Crippen LogP contribution in [0.1, 0.15) is 56.7 Å². The van der Waals surface area contributed by atoms with Crippen molar-refractivity contribution in [3.05, 3.63) is 35.5 Å². The van der Waals surface area contributed by atoms with Crippen molar-refractivity contribution < 1.29 is 17.9 Å². The number of benzene rings is 1. The highest BCUT2D eigenvalue weighted by molar-refractivity contribution is 7.89. The maximum Gasteiger partial charge on any atom is 0.407 e. The number of rotatable bonds is 5. The molecule has 1 amide bonds. The van der Waals surface area contributed by atoms with Crippen molar-refractivity contribution in [1.29, 1.82) is 0 Å². The molecule has 1 saturated carbocycles. The zero-order valence-corrected chi connectivity index (χ0v) is 17.9. The number of nitrogens with zero attached hydrogens (tertiary/aromatic N) is 1. The zero-order chi connectivity index (χ0) is 21.3. The Kier molecular flexibility index (Phi) is 5.70. The Balaban J connectivity index is 1.34. The van der Waals surface area contributed by atoms with Crippen LogP contribution in [0.3, 0.4) is 0 Å². The van der Waals surface area contributed by atoms with Gasteiger partial charge in [-0.1, -0.05) is 6.07 Å². The van der Waals surface area contributed by atoms with Gasteiger partial charge in [-0.05, 0) is 57.2 Å². The van der Waals surface area contributed by atoms with Gasteiger partial charge in [-0.15, -0.1) is 0 Å². The third-order valence-corrected chi connectivity index (χ3v) is 6.96. The summed E-state index contributed by atoms with van der Waals surface area (Å²) in [6.45, 7) is 4.14. The number of nitrogens with one attached hydrogen (secondary N) is 4. The van der Waals surface area contributed by atoms with Crippen LogP contribution in [-0.4, -0.2) is 36.9 Å². The van der Waals surface area contributed by atoms with E-state index in [1.165, 1.54) is 0 Å². The van der Waals surface area contributed by atoms with E-state index in [4.69, 9.17) is 4.74 Å². The van der Waals surface area contributed by atoms with Crippen molar-refractivity contribution in [1.82, 2.24) is 20.2 Å². The molecule has 1 aliphatic carbocycles. The van der Waals surface area contributed by atoms with Gasteiger partial charge >= 0.3 is 6.09 Å². The molecule has 0 radical (unpaired) electrons. The van der Waals surface area contributed by atoms with Crippen molar-refractivity contribution in [2.24, 2.45) is 0 Å². The topological polar surface area (TPSA) is 125 Å². The molecule has 4 rings (SSSR count). The van der Waals surface area contributed by atoms with E-state index >= 15 is 0 Å². The van der Waals surface area contributed by atoms with Crippen LogP contribution < -0.4 is 15.4 Å². The molecular weight excluding hydrogens is 406 g/mol. The number of aromatic amines is 1. The molecule has 30 heavy (non-hydrogen) atoms. The maximum absolute atomic E-state index is 12.0. The molecule has 2 aromatic rings. The summed E-state index contributed by atoms with van der Waals surface area (Å²) in [4.78, 5) is 12.1. The van der Waals surface area contributed by atoms with E-state index in [0.29, 0.717) is 28.9 Å². The predicted octanol–water partition coefficient (Wildman–Crippen LogP) is 3.11. The largest absolute Gasteiger partial charge is 0.446 e. The summed E-state index contributed by atoms with van der Waals surface area (Å²) in [6, 6.07) is 7.30. The molecule has 1 aliphatic heterocycles. The summed E-state index contributed by atoms with van der Waals surface area (Å²) in [5.74, 6) is 0.966.